The summed E-state index contributed by atoms with van der Waals surface area (Å²) >= 11 is 6.10. The van der Waals surface area contributed by atoms with E-state index in [4.69, 9.17) is 16.3 Å². The zero-order valence-electron chi connectivity index (χ0n) is 11.0. The van der Waals surface area contributed by atoms with Gasteiger partial charge in [0.25, 0.3) is 0 Å². The van der Waals surface area contributed by atoms with E-state index in [1.807, 2.05) is 31.2 Å². The van der Waals surface area contributed by atoms with Crippen molar-refractivity contribution < 1.29 is 4.74 Å². The first-order valence-electron chi connectivity index (χ1n) is 6.27. The fraction of sp³-hybridized carbons (Fsp3) is 0.214. The predicted octanol–water partition coefficient (Wildman–Crippen LogP) is 2.71. The number of aromatic nitrogens is 4. The smallest absolute Gasteiger partial charge is 0.180 e. The molecule has 20 heavy (non-hydrogen) atoms. The van der Waals surface area contributed by atoms with Gasteiger partial charge < -0.3 is 4.74 Å². The number of ether oxygens (including phenoxy) is 1. The average Bonchev–Trinajstić information content (AvgIpc) is 2.84. The number of hydrogen-bond donors (Lipinski definition) is 0. The van der Waals surface area contributed by atoms with Gasteiger partial charge in [-0.1, -0.05) is 23.7 Å². The summed E-state index contributed by atoms with van der Waals surface area (Å²) in [5.74, 6) is 1.62. The van der Waals surface area contributed by atoms with Crippen molar-refractivity contribution in [2.45, 2.75) is 13.3 Å². The maximum atomic E-state index is 6.10. The molecule has 3 rings (SSSR count). The lowest BCUT2D eigenvalue weighted by Gasteiger charge is -2.06. The highest BCUT2D eigenvalue weighted by molar-refractivity contribution is 6.29. The Morgan fingerprint density at radius 3 is 3.00 bits per heavy atom. The van der Waals surface area contributed by atoms with Crippen LogP contribution in [0.15, 0.2) is 36.7 Å². The summed E-state index contributed by atoms with van der Waals surface area (Å²) in [5.41, 5.74) is 1.81. The summed E-state index contributed by atoms with van der Waals surface area (Å²) < 4.78 is 7.48. The second kappa shape index (κ2) is 5.46. The molecule has 2 heterocycles. The van der Waals surface area contributed by atoms with Crippen LogP contribution < -0.4 is 4.74 Å². The first-order chi connectivity index (χ1) is 9.74. The minimum Gasteiger partial charge on any atom is -0.493 e. The van der Waals surface area contributed by atoms with Gasteiger partial charge in [-0.05, 0) is 24.6 Å². The molecule has 0 saturated carbocycles. The van der Waals surface area contributed by atoms with Crippen LogP contribution in [-0.2, 0) is 6.42 Å². The zero-order valence-corrected chi connectivity index (χ0v) is 11.7. The second-order valence-electron chi connectivity index (χ2n) is 4.45. The molecule has 102 valence electrons. The van der Waals surface area contributed by atoms with E-state index in [0.29, 0.717) is 23.8 Å². The Balaban J connectivity index is 1.71. The van der Waals surface area contributed by atoms with Gasteiger partial charge in [0, 0.05) is 6.42 Å². The lowest BCUT2D eigenvalue weighted by Crippen LogP contribution is -2.05. The Bertz CT molecular complexity index is 741. The number of halogens is 1. The summed E-state index contributed by atoms with van der Waals surface area (Å²) in [6.45, 7) is 2.55. The van der Waals surface area contributed by atoms with Crippen molar-refractivity contribution in [3.8, 4) is 5.75 Å². The molecule has 0 atom stereocenters. The lowest BCUT2D eigenvalue weighted by atomic mass is 10.2. The molecule has 0 aliphatic carbocycles. The van der Waals surface area contributed by atoms with E-state index in [0.717, 1.165) is 11.6 Å². The van der Waals surface area contributed by atoms with E-state index < -0.39 is 0 Å². The van der Waals surface area contributed by atoms with Gasteiger partial charge in [0.2, 0.25) is 0 Å². The van der Waals surface area contributed by atoms with E-state index in [1.54, 1.807) is 16.8 Å². The third kappa shape index (κ3) is 2.58. The number of hydrogen-bond acceptors (Lipinski definition) is 4. The molecule has 3 aromatic rings. The minimum atomic E-state index is 0.498. The molecule has 0 unspecified atom stereocenters. The van der Waals surface area contributed by atoms with E-state index >= 15 is 0 Å². The van der Waals surface area contributed by atoms with E-state index in [-0.39, 0.29) is 0 Å². The van der Waals surface area contributed by atoms with Gasteiger partial charge in [0.15, 0.2) is 5.65 Å². The highest BCUT2D eigenvalue weighted by Crippen LogP contribution is 2.14. The van der Waals surface area contributed by atoms with E-state index in [9.17, 15) is 0 Å². The van der Waals surface area contributed by atoms with Gasteiger partial charge in [0.1, 0.15) is 16.7 Å². The van der Waals surface area contributed by atoms with Crippen LogP contribution in [0.4, 0.5) is 0 Å². The van der Waals surface area contributed by atoms with Crippen molar-refractivity contribution in [3.63, 3.8) is 0 Å². The maximum absolute atomic E-state index is 6.10. The Kier molecular flexibility index (Phi) is 3.52. The van der Waals surface area contributed by atoms with Crippen LogP contribution in [0, 0.1) is 6.92 Å². The Morgan fingerprint density at radius 2 is 2.15 bits per heavy atom. The number of aryl methyl sites for hydroxylation is 1. The highest BCUT2D eigenvalue weighted by atomic mass is 35.5. The molecule has 6 heteroatoms. The average molecular weight is 289 g/mol. The Hall–Kier alpha value is -2.14. The molecule has 2 aromatic heterocycles. The molecule has 0 saturated heterocycles. The molecule has 0 spiro atoms. The standard InChI is InChI=1S/C14H13ClN4O/c1-10-3-2-4-11(7-10)20-6-5-13-17-18-14-9-16-8-12(15)19(13)14/h2-4,7-9H,5-6H2,1H3. The Labute approximate surface area is 121 Å². The summed E-state index contributed by atoms with van der Waals surface area (Å²) in [6, 6.07) is 7.94. The third-order valence-electron chi connectivity index (χ3n) is 2.92. The molecule has 0 N–H and O–H groups in total. The highest BCUT2D eigenvalue weighted by Gasteiger charge is 2.08. The zero-order chi connectivity index (χ0) is 13.9. The van der Waals surface area contributed by atoms with E-state index in [1.165, 1.54) is 5.56 Å². The van der Waals surface area contributed by atoms with Gasteiger partial charge in [0.05, 0.1) is 19.0 Å². The van der Waals surface area contributed by atoms with Gasteiger partial charge >= 0.3 is 0 Å². The largest absolute Gasteiger partial charge is 0.493 e. The molecular formula is C14H13ClN4O. The van der Waals surface area contributed by atoms with Gasteiger partial charge in [-0.3, -0.25) is 9.38 Å². The molecule has 1 aromatic carbocycles. The van der Waals surface area contributed by atoms with Crippen molar-refractivity contribution in [1.82, 2.24) is 19.6 Å². The van der Waals surface area contributed by atoms with Crippen LogP contribution in [0.25, 0.3) is 5.65 Å². The van der Waals surface area contributed by atoms with Gasteiger partial charge in [-0.15, -0.1) is 10.2 Å². The van der Waals surface area contributed by atoms with Crippen LogP contribution in [0.5, 0.6) is 5.75 Å². The fourth-order valence-electron chi connectivity index (χ4n) is 2.00. The monoisotopic (exact) mass is 288 g/mol. The van der Waals surface area contributed by atoms with Gasteiger partial charge in [-0.2, -0.15) is 0 Å². The first kappa shape index (κ1) is 12.9. The minimum absolute atomic E-state index is 0.498. The van der Waals surface area contributed by atoms with Crippen LogP contribution in [0.3, 0.4) is 0 Å². The maximum Gasteiger partial charge on any atom is 0.180 e. The normalized spacial score (nSPS) is 10.9. The molecule has 0 fully saturated rings. The summed E-state index contributed by atoms with van der Waals surface area (Å²) in [6.07, 6.45) is 3.82. The first-order valence-corrected chi connectivity index (χ1v) is 6.65. The fourth-order valence-corrected chi connectivity index (χ4v) is 2.24. The van der Waals surface area contributed by atoms with Crippen molar-refractivity contribution in [2.24, 2.45) is 0 Å². The predicted molar refractivity (Wildman–Crippen MR) is 76.2 cm³/mol. The van der Waals surface area contributed by atoms with E-state index in [2.05, 4.69) is 15.2 Å². The lowest BCUT2D eigenvalue weighted by molar-refractivity contribution is 0.318. The quantitative estimate of drug-likeness (QED) is 0.741. The van der Waals surface area contributed by atoms with Gasteiger partial charge in [-0.25, -0.2) is 0 Å². The van der Waals surface area contributed by atoms with Crippen LogP contribution in [0.2, 0.25) is 5.15 Å². The molecule has 0 amide bonds. The number of rotatable bonds is 4. The number of benzene rings is 1. The third-order valence-corrected chi connectivity index (χ3v) is 3.19. The van der Waals surface area contributed by atoms with Crippen molar-refractivity contribution in [3.05, 3.63) is 53.2 Å². The molecular weight excluding hydrogens is 276 g/mol. The van der Waals surface area contributed by atoms with Crippen LogP contribution in [0.1, 0.15) is 11.4 Å². The summed E-state index contributed by atoms with van der Waals surface area (Å²) in [5, 5.41) is 8.64. The molecule has 0 aliphatic heterocycles. The Morgan fingerprint density at radius 1 is 1.25 bits per heavy atom. The second-order valence-corrected chi connectivity index (χ2v) is 4.84. The molecule has 0 radical (unpaired) electrons. The molecule has 5 nitrogen and oxygen atoms in total. The van der Waals surface area contributed by atoms with Crippen LogP contribution >= 0.6 is 11.6 Å². The van der Waals surface area contributed by atoms with Crippen molar-refractivity contribution in [2.75, 3.05) is 6.61 Å². The molecule has 0 bridgehead atoms. The van der Waals surface area contributed by atoms with Crippen molar-refractivity contribution in [1.29, 1.82) is 0 Å². The SMILES string of the molecule is Cc1cccc(OCCc2nnc3cncc(Cl)n23)c1. The van der Waals surface area contributed by atoms with Crippen molar-refractivity contribution >= 4 is 17.2 Å². The van der Waals surface area contributed by atoms with Crippen LogP contribution in [-0.4, -0.2) is 26.2 Å². The number of nitrogens with zero attached hydrogens (tertiary/aromatic N) is 4. The molecule has 0 aliphatic rings. The number of fused-ring (bicyclic) bond motifs is 1. The summed E-state index contributed by atoms with van der Waals surface area (Å²) in [4.78, 5) is 3.98. The summed E-state index contributed by atoms with van der Waals surface area (Å²) in [7, 11) is 0. The topological polar surface area (TPSA) is 52.3 Å².